The number of anilines is 1. The summed E-state index contributed by atoms with van der Waals surface area (Å²) in [6.45, 7) is 1.69. The molecule has 0 bridgehead atoms. The van der Waals surface area contributed by atoms with Crippen LogP contribution in [0.25, 0.3) is 10.9 Å². The standard InChI is InChI=1S/C29H28F2N4O6/c1-32-5-2-8-39-27-12-24-20(9-17(27)14-36)25(4-7-34-24)41-28-22(30)10-18(11-23(28)31)35-29(37)21-13-33-6-3-26(21)40-19-15-38-16-19/h3-4,6-7,9-13,19,32,36H,2,5,8,14-16H2,1H3,(H,35,37). The second kappa shape index (κ2) is 12.9. The number of ether oxygens (including phenoxy) is 4. The zero-order valence-electron chi connectivity index (χ0n) is 22.2. The number of nitrogens with one attached hydrogen (secondary N) is 2. The predicted octanol–water partition coefficient (Wildman–Crippen LogP) is 4.21. The van der Waals surface area contributed by atoms with Crippen LogP contribution >= 0.6 is 0 Å². The molecule has 0 saturated carbocycles. The molecule has 0 radical (unpaired) electrons. The van der Waals surface area contributed by atoms with E-state index in [1.165, 1.54) is 30.7 Å². The van der Waals surface area contributed by atoms with Gasteiger partial charge in [0, 0.05) is 53.4 Å². The highest BCUT2D eigenvalue weighted by molar-refractivity contribution is 6.06. The SMILES string of the molecule is CNCCCOc1cc2nccc(Oc3c(F)cc(NC(=O)c4cnccc4OC4COC4)cc3F)c2cc1CO. The summed E-state index contributed by atoms with van der Waals surface area (Å²) >= 11 is 0. The molecule has 0 spiro atoms. The van der Waals surface area contributed by atoms with Crippen LogP contribution in [0.15, 0.2) is 55.0 Å². The van der Waals surface area contributed by atoms with E-state index in [1.807, 2.05) is 7.05 Å². The summed E-state index contributed by atoms with van der Waals surface area (Å²) in [5, 5.41) is 15.8. The summed E-state index contributed by atoms with van der Waals surface area (Å²) in [7, 11) is 1.84. The number of aliphatic hydroxyl groups excluding tert-OH is 1. The lowest BCUT2D eigenvalue weighted by Crippen LogP contribution is -2.39. The lowest BCUT2D eigenvalue weighted by Gasteiger charge is -2.27. The van der Waals surface area contributed by atoms with E-state index in [4.69, 9.17) is 18.9 Å². The van der Waals surface area contributed by atoms with Gasteiger partial charge < -0.3 is 34.7 Å². The Hall–Kier alpha value is -4.39. The van der Waals surface area contributed by atoms with Gasteiger partial charge in [-0.25, -0.2) is 8.78 Å². The summed E-state index contributed by atoms with van der Waals surface area (Å²) in [6, 6.07) is 8.15. The molecule has 2 aromatic carbocycles. The minimum absolute atomic E-state index is 0.105. The van der Waals surface area contributed by atoms with Crippen molar-refractivity contribution in [3.05, 3.63) is 77.8 Å². The molecule has 5 rings (SSSR count). The Bertz CT molecular complexity index is 1530. The Balaban J connectivity index is 1.35. The molecule has 2 aromatic heterocycles. The van der Waals surface area contributed by atoms with E-state index in [1.54, 1.807) is 12.1 Å². The summed E-state index contributed by atoms with van der Waals surface area (Å²) in [5.74, 6) is -2.52. The maximum atomic E-state index is 15.1. The highest BCUT2D eigenvalue weighted by Crippen LogP contribution is 2.36. The number of amides is 1. The lowest BCUT2D eigenvalue weighted by molar-refractivity contribution is -0.0798. The van der Waals surface area contributed by atoms with E-state index in [9.17, 15) is 9.90 Å². The van der Waals surface area contributed by atoms with Crippen molar-refractivity contribution in [2.75, 3.05) is 38.7 Å². The Morgan fingerprint density at radius 1 is 1.10 bits per heavy atom. The van der Waals surface area contributed by atoms with Crippen LogP contribution in [0, 0.1) is 11.6 Å². The second-order valence-corrected chi connectivity index (χ2v) is 9.22. The lowest BCUT2D eigenvalue weighted by atomic mass is 10.1. The van der Waals surface area contributed by atoms with Crippen LogP contribution in [0.3, 0.4) is 0 Å². The summed E-state index contributed by atoms with van der Waals surface area (Å²) in [5.41, 5.74) is 0.911. The Labute approximate surface area is 234 Å². The monoisotopic (exact) mass is 566 g/mol. The number of nitrogens with zero attached hydrogens (tertiary/aromatic N) is 2. The summed E-state index contributed by atoms with van der Waals surface area (Å²) in [4.78, 5) is 21.1. The number of carbonyl (C=O) groups excluding carboxylic acids is 1. The molecule has 1 amide bonds. The number of pyridine rings is 2. The smallest absolute Gasteiger partial charge is 0.261 e. The second-order valence-electron chi connectivity index (χ2n) is 9.22. The van der Waals surface area contributed by atoms with Gasteiger partial charge in [0.25, 0.3) is 5.91 Å². The van der Waals surface area contributed by atoms with Crippen molar-refractivity contribution >= 4 is 22.5 Å². The van der Waals surface area contributed by atoms with Gasteiger partial charge in [0.15, 0.2) is 17.4 Å². The van der Waals surface area contributed by atoms with Gasteiger partial charge >= 0.3 is 0 Å². The number of hydrogen-bond donors (Lipinski definition) is 3. The molecule has 3 heterocycles. The maximum Gasteiger partial charge on any atom is 0.261 e. The van der Waals surface area contributed by atoms with Gasteiger partial charge in [-0.05, 0) is 38.2 Å². The third kappa shape index (κ3) is 6.51. The fourth-order valence-electron chi connectivity index (χ4n) is 4.13. The molecule has 1 saturated heterocycles. The molecule has 4 aromatic rings. The molecule has 1 fully saturated rings. The third-order valence-electron chi connectivity index (χ3n) is 6.28. The molecule has 0 atom stereocenters. The van der Waals surface area contributed by atoms with E-state index < -0.39 is 23.3 Å². The van der Waals surface area contributed by atoms with Crippen LogP contribution < -0.4 is 24.8 Å². The Morgan fingerprint density at radius 2 is 1.88 bits per heavy atom. The summed E-state index contributed by atoms with van der Waals surface area (Å²) < 4.78 is 52.5. The van der Waals surface area contributed by atoms with E-state index in [-0.39, 0.29) is 35.5 Å². The highest BCUT2D eigenvalue weighted by Gasteiger charge is 2.24. The molecule has 41 heavy (non-hydrogen) atoms. The zero-order valence-corrected chi connectivity index (χ0v) is 22.2. The van der Waals surface area contributed by atoms with Gasteiger partial charge in [-0.3, -0.25) is 14.8 Å². The average Bonchev–Trinajstić information content (AvgIpc) is 2.94. The topological polar surface area (TPSA) is 124 Å². The number of halogens is 2. The molecular weight excluding hydrogens is 538 g/mol. The van der Waals surface area contributed by atoms with Gasteiger partial charge in [0.1, 0.15) is 23.4 Å². The van der Waals surface area contributed by atoms with E-state index >= 15 is 8.78 Å². The van der Waals surface area contributed by atoms with Crippen LogP contribution in [-0.2, 0) is 11.3 Å². The molecule has 12 heteroatoms. The first kappa shape index (κ1) is 28.1. The molecule has 0 unspecified atom stereocenters. The highest BCUT2D eigenvalue weighted by atomic mass is 19.1. The first-order chi connectivity index (χ1) is 20.0. The number of benzene rings is 2. The van der Waals surface area contributed by atoms with E-state index in [0.717, 1.165) is 25.1 Å². The number of rotatable bonds is 12. The third-order valence-corrected chi connectivity index (χ3v) is 6.28. The van der Waals surface area contributed by atoms with Crippen molar-refractivity contribution in [3.8, 4) is 23.0 Å². The van der Waals surface area contributed by atoms with E-state index in [2.05, 4.69) is 20.6 Å². The van der Waals surface area contributed by atoms with Crippen molar-refractivity contribution in [1.82, 2.24) is 15.3 Å². The van der Waals surface area contributed by atoms with Crippen LogP contribution in [0.1, 0.15) is 22.3 Å². The minimum atomic E-state index is -1.04. The number of carbonyl (C=O) groups is 1. The van der Waals surface area contributed by atoms with Crippen molar-refractivity contribution < 1.29 is 37.6 Å². The van der Waals surface area contributed by atoms with Crippen LogP contribution in [-0.4, -0.2) is 60.5 Å². The van der Waals surface area contributed by atoms with Gasteiger partial charge in [0.2, 0.25) is 0 Å². The predicted molar refractivity (Wildman–Crippen MR) is 146 cm³/mol. The maximum absolute atomic E-state index is 15.1. The van der Waals surface area contributed by atoms with Gasteiger partial charge in [-0.15, -0.1) is 0 Å². The normalized spacial score (nSPS) is 13.1. The van der Waals surface area contributed by atoms with Crippen LogP contribution in [0.5, 0.6) is 23.0 Å². The van der Waals surface area contributed by atoms with Crippen LogP contribution in [0.2, 0.25) is 0 Å². The van der Waals surface area contributed by atoms with Gasteiger partial charge in [0.05, 0.1) is 37.5 Å². The minimum Gasteiger partial charge on any atom is -0.493 e. The molecule has 0 aliphatic carbocycles. The van der Waals surface area contributed by atoms with Gasteiger partial charge in [-0.2, -0.15) is 0 Å². The first-order valence-corrected chi connectivity index (χ1v) is 12.9. The number of fused-ring (bicyclic) bond motifs is 1. The first-order valence-electron chi connectivity index (χ1n) is 12.9. The van der Waals surface area contributed by atoms with Crippen molar-refractivity contribution in [2.24, 2.45) is 0 Å². The molecule has 214 valence electrons. The largest absolute Gasteiger partial charge is 0.493 e. The fourth-order valence-corrected chi connectivity index (χ4v) is 4.13. The van der Waals surface area contributed by atoms with Gasteiger partial charge in [-0.1, -0.05) is 0 Å². The van der Waals surface area contributed by atoms with Crippen molar-refractivity contribution in [3.63, 3.8) is 0 Å². The van der Waals surface area contributed by atoms with Crippen molar-refractivity contribution in [1.29, 1.82) is 0 Å². The molecular formula is C29H28F2N4O6. The number of aromatic nitrogens is 2. The number of aliphatic hydroxyl groups is 1. The van der Waals surface area contributed by atoms with E-state index in [0.29, 0.717) is 42.0 Å². The quantitative estimate of drug-likeness (QED) is 0.216. The molecule has 1 aliphatic rings. The average molecular weight is 567 g/mol. The Morgan fingerprint density at radius 3 is 2.59 bits per heavy atom. The molecule has 3 N–H and O–H groups in total. The molecule has 10 nitrogen and oxygen atoms in total. The number of hydrogen-bond acceptors (Lipinski definition) is 9. The Kier molecular flexibility index (Phi) is 8.82. The molecule has 1 aliphatic heterocycles. The van der Waals surface area contributed by atoms with Crippen LogP contribution in [0.4, 0.5) is 14.5 Å². The zero-order chi connectivity index (χ0) is 28.8. The van der Waals surface area contributed by atoms with Crippen molar-refractivity contribution in [2.45, 2.75) is 19.1 Å². The fraction of sp³-hybridized carbons (Fsp3) is 0.276. The summed E-state index contributed by atoms with van der Waals surface area (Å²) in [6.07, 6.45) is 4.80.